The quantitative estimate of drug-likeness (QED) is 0.284. The summed E-state index contributed by atoms with van der Waals surface area (Å²) in [6.45, 7) is -0.903. The van der Waals surface area contributed by atoms with Gasteiger partial charge in [0.05, 0.1) is 18.6 Å². The molecule has 9 heteroatoms. The van der Waals surface area contributed by atoms with Gasteiger partial charge in [0.15, 0.2) is 0 Å². The van der Waals surface area contributed by atoms with Gasteiger partial charge in [-0.2, -0.15) is 0 Å². The van der Waals surface area contributed by atoms with Gasteiger partial charge < -0.3 is 41.1 Å². The Bertz CT molecular complexity index is 996. The Morgan fingerprint density at radius 3 is 2.10 bits per heavy atom. The summed E-state index contributed by atoms with van der Waals surface area (Å²) in [5, 5.41) is 77.2. The zero-order valence-corrected chi connectivity index (χ0v) is 16.7. The fourth-order valence-electron chi connectivity index (χ4n) is 5.47. The first kappa shape index (κ1) is 21.7. The van der Waals surface area contributed by atoms with Gasteiger partial charge in [-0.15, -0.1) is 0 Å². The summed E-state index contributed by atoms with van der Waals surface area (Å²) in [5.74, 6) is -2.94. The maximum atomic E-state index is 11.8. The normalized spacial score (nSPS) is 37.2. The van der Waals surface area contributed by atoms with Crippen LogP contribution < -0.4 is 5.32 Å². The lowest BCUT2D eigenvalue weighted by molar-refractivity contribution is -0.459. The Kier molecular flexibility index (Phi) is 4.89. The number of benzene rings is 2. The van der Waals surface area contributed by atoms with E-state index in [0.717, 1.165) is 0 Å². The van der Waals surface area contributed by atoms with E-state index in [0.29, 0.717) is 11.1 Å². The topological polar surface area (TPSA) is 171 Å². The van der Waals surface area contributed by atoms with Crippen LogP contribution in [0, 0.1) is 0 Å². The van der Waals surface area contributed by atoms with Gasteiger partial charge in [-0.3, -0.25) is 4.79 Å². The van der Waals surface area contributed by atoms with Crippen LogP contribution in [-0.4, -0.2) is 84.3 Å². The van der Waals surface area contributed by atoms with E-state index < -0.39 is 47.5 Å². The number of hydrogen-bond acceptors (Lipinski definition) is 8. The van der Waals surface area contributed by atoms with Gasteiger partial charge in [0.1, 0.15) is 28.7 Å². The zero-order valence-electron chi connectivity index (χ0n) is 16.7. The molecule has 2 fully saturated rings. The van der Waals surface area contributed by atoms with Gasteiger partial charge >= 0.3 is 0 Å². The maximum absolute atomic E-state index is 11.8. The van der Waals surface area contributed by atoms with Crippen molar-refractivity contribution in [2.24, 2.45) is 0 Å². The third-order valence-corrected chi connectivity index (χ3v) is 6.98. The molecule has 0 radical (unpaired) electrons. The smallest absolute Gasteiger partial charge is 0.251 e. The molecule has 0 aliphatic heterocycles. The highest BCUT2D eigenvalue weighted by atomic mass is 16.5. The number of aromatic hydroxyl groups is 1. The van der Waals surface area contributed by atoms with Crippen LogP contribution in [0.2, 0.25) is 0 Å². The molecule has 166 valence electrons. The molecule has 0 bridgehead atoms. The number of nitrogens with one attached hydrogen (secondary N) is 1. The van der Waals surface area contributed by atoms with Crippen LogP contribution >= 0.6 is 0 Å². The molecule has 2 saturated carbocycles. The molecule has 2 aliphatic carbocycles. The van der Waals surface area contributed by atoms with Crippen molar-refractivity contribution in [2.75, 3.05) is 13.7 Å². The molecule has 2 aromatic carbocycles. The second kappa shape index (κ2) is 6.99. The molecule has 9 nitrogen and oxygen atoms in total. The summed E-state index contributed by atoms with van der Waals surface area (Å²) in [7, 11) is 1.47. The fraction of sp³-hybridized carbons (Fsp3) is 0.409. The minimum Gasteiger partial charge on any atom is -0.508 e. The van der Waals surface area contributed by atoms with E-state index in [2.05, 4.69) is 5.32 Å². The first-order valence-corrected chi connectivity index (χ1v) is 9.84. The zero-order chi connectivity index (χ0) is 22.8. The third kappa shape index (κ3) is 2.44. The highest BCUT2D eigenvalue weighted by molar-refractivity contribution is 5.94. The number of hydrogen-bond donors (Lipinski definition) is 8. The number of phenols is 1. The molecular weight excluding hydrogens is 406 g/mol. The van der Waals surface area contributed by atoms with Crippen LogP contribution in [0.5, 0.6) is 5.75 Å². The molecule has 0 spiro atoms. The number of carbonyl (C=O) groups excluding carboxylic acids is 1. The monoisotopic (exact) mass is 431 g/mol. The van der Waals surface area contributed by atoms with E-state index in [4.69, 9.17) is 0 Å². The van der Waals surface area contributed by atoms with Crippen LogP contribution in [0.4, 0.5) is 0 Å². The molecule has 31 heavy (non-hydrogen) atoms. The van der Waals surface area contributed by atoms with E-state index >= 15 is 0 Å². The highest BCUT2D eigenvalue weighted by Gasteiger charge is 2.93. The first-order valence-electron chi connectivity index (χ1n) is 9.84. The fourth-order valence-corrected chi connectivity index (χ4v) is 5.47. The lowest BCUT2D eigenvalue weighted by Crippen LogP contribution is -2.99. The number of aliphatic hydroxyl groups is 6. The molecular formula is C22H25NO8. The van der Waals surface area contributed by atoms with E-state index in [1.807, 2.05) is 0 Å². The third-order valence-electron chi connectivity index (χ3n) is 6.98. The van der Waals surface area contributed by atoms with Gasteiger partial charge in [-0.25, -0.2) is 0 Å². The van der Waals surface area contributed by atoms with Gasteiger partial charge in [0, 0.05) is 18.5 Å². The summed E-state index contributed by atoms with van der Waals surface area (Å²) in [5.41, 5.74) is -6.12. The molecule has 3 unspecified atom stereocenters. The van der Waals surface area contributed by atoms with Crippen LogP contribution in [0.25, 0.3) is 0 Å². The van der Waals surface area contributed by atoms with E-state index in [1.54, 1.807) is 0 Å². The predicted molar refractivity (Wildman–Crippen MR) is 107 cm³/mol. The second-order valence-electron chi connectivity index (χ2n) is 8.26. The number of amides is 1. The van der Waals surface area contributed by atoms with E-state index in [-0.39, 0.29) is 17.2 Å². The van der Waals surface area contributed by atoms with Crippen molar-refractivity contribution in [2.45, 2.75) is 40.8 Å². The van der Waals surface area contributed by atoms with Crippen molar-refractivity contribution in [3.63, 3.8) is 0 Å². The molecule has 7 atom stereocenters. The Morgan fingerprint density at radius 2 is 1.58 bits per heavy atom. The Balaban J connectivity index is 1.80. The number of aliphatic hydroxyl groups excluding tert-OH is 3. The molecule has 1 amide bonds. The summed E-state index contributed by atoms with van der Waals surface area (Å²) >= 11 is 0. The standard InChI is InChI=1S/C22H25NO8/c1-23-19(28)13-4-2-12(3-5-13)17-20(29,15(26)10-24)22(31)16(18(27)21(17,22)30)11-6-8-14(25)9-7-11/h2-9,15-18,24-27,29-31H,10H2,1H3,(H,23,28)/t15-,16?,17?,18?,20+,21+,22+/m1/s1. The summed E-state index contributed by atoms with van der Waals surface area (Å²) in [6, 6.07) is 11.3. The van der Waals surface area contributed by atoms with E-state index in [1.165, 1.54) is 55.6 Å². The predicted octanol–water partition coefficient (Wildman–Crippen LogP) is -1.45. The highest BCUT2D eigenvalue weighted by Crippen LogP contribution is 2.75. The average Bonchev–Trinajstić information content (AvgIpc) is 2.79. The molecule has 8 N–H and O–H groups in total. The van der Waals surface area contributed by atoms with Crippen molar-refractivity contribution >= 4 is 5.91 Å². The molecule has 0 aromatic heterocycles. The molecule has 4 rings (SSSR count). The van der Waals surface area contributed by atoms with E-state index in [9.17, 15) is 40.5 Å². The van der Waals surface area contributed by atoms with Crippen molar-refractivity contribution in [1.82, 2.24) is 5.32 Å². The molecule has 0 heterocycles. The lowest BCUT2D eigenvalue weighted by atomic mass is 9.30. The minimum atomic E-state index is -2.41. The van der Waals surface area contributed by atoms with Gasteiger partial charge in [0.2, 0.25) is 0 Å². The lowest BCUT2D eigenvalue weighted by Gasteiger charge is -2.80. The second-order valence-corrected chi connectivity index (χ2v) is 8.26. The largest absolute Gasteiger partial charge is 0.508 e. The van der Waals surface area contributed by atoms with Crippen molar-refractivity contribution in [3.8, 4) is 5.75 Å². The van der Waals surface area contributed by atoms with Crippen LogP contribution in [0.1, 0.15) is 33.3 Å². The maximum Gasteiger partial charge on any atom is 0.251 e. The SMILES string of the molecule is CNC(=O)c1ccc(C2[C@]3(O)C(O)C(c4ccc(O)cc4)[C@]3(O)[C@]2(O)[C@H](O)CO)cc1. The van der Waals surface area contributed by atoms with Gasteiger partial charge in [-0.05, 0) is 35.4 Å². The molecule has 2 aromatic rings. The summed E-state index contributed by atoms with van der Waals surface area (Å²) in [4.78, 5) is 11.8. The van der Waals surface area contributed by atoms with Crippen molar-refractivity contribution in [1.29, 1.82) is 0 Å². The minimum absolute atomic E-state index is 0.0480. The number of rotatable bonds is 5. The Morgan fingerprint density at radius 1 is 1.03 bits per heavy atom. The number of fused-ring (bicyclic) bond motifs is 1. The number of carbonyl (C=O) groups is 1. The average molecular weight is 431 g/mol. The molecule has 0 saturated heterocycles. The van der Waals surface area contributed by atoms with Crippen LogP contribution in [-0.2, 0) is 0 Å². The Hall–Kier alpha value is -2.53. The first-order chi connectivity index (χ1) is 14.6. The van der Waals surface area contributed by atoms with Gasteiger partial charge in [-0.1, -0.05) is 24.3 Å². The summed E-state index contributed by atoms with van der Waals surface area (Å²) in [6.07, 6.45) is -3.36. The number of phenolic OH excluding ortho intramolecular Hbond substituents is 1. The van der Waals surface area contributed by atoms with Crippen LogP contribution in [0.15, 0.2) is 48.5 Å². The van der Waals surface area contributed by atoms with Crippen molar-refractivity contribution in [3.05, 3.63) is 65.2 Å². The van der Waals surface area contributed by atoms with Gasteiger partial charge in [0.25, 0.3) is 5.91 Å². The molecule has 2 aliphatic rings. The summed E-state index contributed by atoms with van der Waals surface area (Å²) < 4.78 is 0. The Labute approximate surface area is 177 Å². The van der Waals surface area contributed by atoms with Crippen molar-refractivity contribution < 1.29 is 40.5 Å². The van der Waals surface area contributed by atoms with Crippen LogP contribution in [0.3, 0.4) is 0 Å².